The highest BCUT2D eigenvalue weighted by Gasteiger charge is 2.18. The van der Waals surface area contributed by atoms with Gasteiger partial charge in [0.1, 0.15) is 5.75 Å². The number of anilines is 1. The van der Waals surface area contributed by atoms with E-state index in [1.807, 2.05) is 42.6 Å². The topological polar surface area (TPSA) is 81.2 Å². The fraction of sp³-hybridized carbons (Fsp3) is 0.250. The molecule has 0 bridgehead atoms. The maximum atomic E-state index is 12.6. The number of methoxy groups -OCH3 is 1. The van der Waals surface area contributed by atoms with E-state index in [9.17, 15) is 4.79 Å². The SMILES string of the molecule is COc1ccc2[nH]cc(C3=CCN(CC(=O)Nc4ccccc4SCC#N)CC3)c2c1. The van der Waals surface area contributed by atoms with Crippen molar-refractivity contribution in [2.45, 2.75) is 11.3 Å². The number of thioether (sulfide) groups is 1. The number of nitrogens with zero attached hydrogens (tertiary/aromatic N) is 2. The van der Waals surface area contributed by atoms with Gasteiger partial charge in [-0.3, -0.25) is 9.69 Å². The van der Waals surface area contributed by atoms with Crippen LogP contribution in [0.3, 0.4) is 0 Å². The molecule has 3 aromatic rings. The van der Waals surface area contributed by atoms with E-state index in [0.717, 1.165) is 46.7 Å². The number of carbonyl (C=O) groups is 1. The lowest BCUT2D eigenvalue weighted by Gasteiger charge is -2.26. The second kappa shape index (κ2) is 9.73. The van der Waals surface area contributed by atoms with E-state index >= 15 is 0 Å². The molecular formula is C24H24N4O2S. The summed E-state index contributed by atoms with van der Waals surface area (Å²) in [5.41, 5.74) is 4.33. The average molecular weight is 433 g/mol. The Morgan fingerprint density at radius 3 is 2.97 bits per heavy atom. The summed E-state index contributed by atoms with van der Waals surface area (Å²) in [4.78, 5) is 19.0. The highest BCUT2D eigenvalue weighted by atomic mass is 32.2. The van der Waals surface area contributed by atoms with Gasteiger partial charge in [-0.1, -0.05) is 18.2 Å². The molecule has 6 nitrogen and oxygen atoms in total. The Morgan fingerprint density at radius 1 is 1.32 bits per heavy atom. The summed E-state index contributed by atoms with van der Waals surface area (Å²) >= 11 is 1.43. The van der Waals surface area contributed by atoms with Crippen LogP contribution in [-0.4, -0.2) is 48.3 Å². The van der Waals surface area contributed by atoms with E-state index in [-0.39, 0.29) is 5.91 Å². The summed E-state index contributed by atoms with van der Waals surface area (Å²) in [6.45, 7) is 1.88. The molecule has 0 saturated carbocycles. The molecule has 2 heterocycles. The van der Waals surface area contributed by atoms with Crippen molar-refractivity contribution < 1.29 is 9.53 Å². The molecule has 0 unspecified atom stereocenters. The van der Waals surface area contributed by atoms with Crippen molar-refractivity contribution in [3.05, 3.63) is 60.3 Å². The van der Waals surface area contributed by atoms with Gasteiger partial charge in [0, 0.05) is 40.6 Å². The number of nitrogens with one attached hydrogen (secondary N) is 2. The summed E-state index contributed by atoms with van der Waals surface area (Å²) < 4.78 is 5.37. The number of hydrogen-bond donors (Lipinski definition) is 2. The molecule has 0 saturated heterocycles. The molecule has 0 spiro atoms. The zero-order valence-corrected chi connectivity index (χ0v) is 18.2. The maximum absolute atomic E-state index is 12.6. The number of carbonyl (C=O) groups excluding carboxylic acids is 1. The van der Waals surface area contributed by atoms with Gasteiger partial charge in [0.25, 0.3) is 0 Å². The van der Waals surface area contributed by atoms with Crippen LogP contribution in [0.2, 0.25) is 0 Å². The van der Waals surface area contributed by atoms with Crippen molar-refractivity contribution in [3.8, 4) is 11.8 Å². The smallest absolute Gasteiger partial charge is 0.238 e. The molecule has 0 fully saturated rings. The molecule has 0 atom stereocenters. The van der Waals surface area contributed by atoms with Crippen LogP contribution < -0.4 is 10.1 Å². The highest BCUT2D eigenvalue weighted by molar-refractivity contribution is 7.99. The zero-order chi connectivity index (χ0) is 21.6. The number of ether oxygens (including phenoxy) is 1. The Balaban J connectivity index is 1.39. The van der Waals surface area contributed by atoms with Gasteiger partial charge >= 0.3 is 0 Å². The predicted octanol–water partition coefficient (Wildman–Crippen LogP) is 4.52. The molecule has 2 aromatic carbocycles. The number of aromatic amines is 1. The number of benzene rings is 2. The zero-order valence-electron chi connectivity index (χ0n) is 17.4. The molecular weight excluding hydrogens is 408 g/mol. The van der Waals surface area contributed by atoms with Crippen LogP contribution in [0.5, 0.6) is 5.75 Å². The van der Waals surface area contributed by atoms with E-state index in [0.29, 0.717) is 12.3 Å². The second-order valence-electron chi connectivity index (χ2n) is 7.32. The molecule has 1 aliphatic heterocycles. The largest absolute Gasteiger partial charge is 0.497 e. The van der Waals surface area contributed by atoms with Crippen LogP contribution in [-0.2, 0) is 4.79 Å². The molecule has 2 N–H and O–H groups in total. The molecule has 0 radical (unpaired) electrons. The van der Waals surface area contributed by atoms with Crippen molar-refractivity contribution in [2.24, 2.45) is 0 Å². The molecule has 0 aliphatic carbocycles. The normalized spacial score (nSPS) is 14.1. The van der Waals surface area contributed by atoms with Gasteiger partial charge in [0.2, 0.25) is 5.91 Å². The van der Waals surface area contributed by atoms with E-state index in [4.69, 9.17) is 10.00 Å². The van der Waals surface area contributed by atoms with Crippen LogP contribution >= 0.6 is 11.8 Å². The first-order valence-corrected chi connectivity index (χ1v) is 11.1. The van der Waals surface area contributed by atoms with Gasteiger partial charge < -0.3 is 15.0 Å². The molecule has 1 aliphatic rings. The summed E-state index contributed by atoms with van der Waals surface area (Å²) in [6.07, 6.45) is 5.13. The highest BCUT2D eigenvalue weighted by Crippen LogP contribution is 2.31. The summed E-state index contributed by atoms with van der Waals surface area (Å²) in [7, 11) is 1.68. The van der Waals surface area contributed by atoms with Crippen molar-refractivity contribution in [1.82, 2.24) is 9.88 Å². The number of hydrogen-bond acceptors (Lipinski definition) is 5. The molecule has 1 aromatic heterocycles. The summed E-state index contributed by atoms with van der Waals surface area (Å²) in [6, 6.07) is 15.8. The second-order valence-corrected chi connectivity index (χ2v) is 8.34. The fourth-order valence-electron chi connectivity index (χ4n) is 3.79. The van der Waals surface area contributed by atoms with Gasteiger partial charge in [-0.2, -0.15) is 5.26 Å². The van der Waals surface area contributed by atoms with E-state index in [2.05, 4.69) is 33.4 Å². The Morgan fingerprint density at radius 2 is 2.19 bits per heavy atom. The van der Waals surface area contributed by atoms with Gasteiger partial charge in [0.15, 0.2) is 0 Å². The Hall–Kier alpha value is -3.21. The number of aromatic nitrogens is 1. The van der Waals surface area contributed by atoms with Gasteiger partial charge in [-0.25, -0.2) is 0 Å². The van der Waals surface area contributed by atoms with Crippen LogP contribution in [0.25, 0.3) is 16.5 Å². The molecule has 7 heteroatoms. The third-order valence-corrected chi connectivity index (χ3v) is 6.29. The monoisotopic (exact) mass is 432 g/mol. The first-order chi connectivity index (χ1) is 15.2. The van der Waals surface area contributed by atoms with Crippen molar-refractivity contribution >= 4 is 39.8 Å². The van der Waals surface area contributed by atoms with Crippen molar-refractivity contribution in [2.75, 3.05) is 37.8 Å². The van der Waals surface area contributed by atoms with Crippen LogP contribution in [0, 0.1) is 11.3 Å². The quantitative estimate of drug-likeness (QED) is 0.537. The lowest BCUT2D eigenvalue weighted by Crippen LogP contribution is -2.36. The van der Waals surface area contributed by atoms with E-state index < -0.39 is 0 Å². The first kappa shape index (κ1) is 21.0. The molecule has 4 rings (SSSR count). The minimum absolute atomic E-state index is 0.0429. The number of para-hydroxylation sites is 1. The van der Waals surface area contributed by atoms with Gasteiger partial charge in [-0.15, -0.1) is 11.8 Å². The lowest BCUT2D eigenvalue weighted by atomic mass is 9.99. The van der Waals surface area contributed by atoms with Crippen LogP contribution in [0.15, 0.2) is 59.6 Å². The molecule has 158 valence electrons. The van der Waals surface area contributed by atoms with E-state index in [1.54, 1.807) is 7.11 Å². The number of nitriles is 1. The Kier molecular flexibility index (Phi) is 6.60. The Bertz CT molecular complexity index is 1160. The predicted molar refractivity (Wildman–Crippen MR) is 125 cm³/mol. The van der Waals surface area contributed by atoms with Crippen molar-refractivity contribution in [3.63, 3.8) is 0 Å². The molecule has 1 amide bonds. The number of H-pyrrole nitrogens is 1. The Labute approximate surface area is 185 Å². The maximum Gasteiger partial charge on any atom is 0.238 e. The van der Waals surface area contributed by atoms with Gasteiger partial charge in [0.05, 0.1) is 31.2 Å². The third kappa shape index (κ3) is 4.93. The fourth-order valence-corrected chi connectivity index (χ4v) is 4.46. The number of rotatable bonds is 7. The molecule has 31 heavy (non-hydrogen) atoms. The van der Waals surface area contributed by atoms with Crippen molar-refractivity contribution in [1.29, 1.82) is 5.26 Å². The number of amides is 1. The average Bonchev–Trinajstić information content (AvgIpc) is 3.22. The number of fused-ring (bicyclic) bond motifs is 1. The standard InChI is InChI=1S/C24H24N4O2S/c1-30-18-6-7-21-19(14-18)20(15-26-21)17-8-11-28(12-9-17)16-24(29)27-22-4-2-3-5-23(22)31-13-10-25/h2-8,14-15,26H,9,11-13,16H2,1H3,(H,27,29). The van der Waals surface area contributed by atoms with Crippen LogP contribution in [0.4, 0.5) is 5.69 Å². The van der Waals surface area contributed by atoms with Crippen LogP contribution in [0.1, 0.15) is 12.0 Å². The minimum atomic E-state index is -0.0429. The third-order valence-electron chi connectivity index (χ3n) is 5.35. The minimum Gasteiger partial charge on any atom is -0.497 e. The van der Waals surface area contributed by atoms with Gasteiger partial charge in [-0.05, 0) is 42.3 Å². The summed E-state index contributed by atoms with van der Waals surface area (Å²) in [5, 5.41) is 13.0. The van der Waals surface area contributed by atoms with E-state index in [1.165, 1.54) is 22.9 Å². The first-order valence-electron chi connectivity index (χ1n) is 10.1. The summed E-state index contributed by atoms with van der Waals surface area (Å²) in [5.74, 6) is 1.15. The lowest BCUT2D eigenvalue weighted by molar-refractivity contribution is -0.117.